The highest BCUT2D eigenvalue weighted by Crippen LogP contribution is 2.47. The number of benzene rings is 2. The summed E-state index contributed by atoms with van der Waals surface area (Å²) in [4.78, 5) is 63.9. The van der Waals surface area contributed by atoms with Crippen molar-refractivity contribution in [3.05, 3.63) is 52.8 Å². The number of fused-ring (bicyclic) bond motifs is 4. The molecule has 4 atom stereocenters. The number of carbonyl (C=O) groups is 4. The van der Waals surface area contributed by atoms with Crippen LogP contribution in [0, 0.1) is 13.8 Å². The molecule has 0 radical (unpaired) electrons. The number of carbonyl (C=O) groups excluding carboxylic acids is 4. The first-order chi connectivity index (χ1) is 32.7. The maximum Gasteiger partial charge on any atom is 0.411 e. The molecule has 2 aromatic carbocycles. The predicted molar refractivity (Wildman–Crippen MR) is 265 cm³/mol. The Labute approximate surface area is 420 Å². The number of halogens is 1. The molecule has 1 N–H and O–H groups in total. The average Bonchev–Trinajstić information content (AvgIpc) is 3.80. The number of ether oxygens (including phenoxy) is 9. The van der Waals surface area contributed by atoms with Gasteiger partial charge in [-0.05, 0) is 133 Å². The number of hydrogen-bond acceptors (Lipinski definition) is 16. The van der Waals surface area contributed by atoms with Crippen LogP contribution in [0.25, 0.3) is 21.8 Å². The smallest absolute Gasteiger partial charge is 0.411 e. The summed E-state index contributed by atoms with van der Waals surface area (Å²) in [6, 6.07) is 8.97. The lowest BCUT2D eigenvalue weighted by Crippen LogP contribution is -2.49. The Hall–Kier alpha value is -6.01. The van der Waals surface area contributed by atoms with E-state index in [9.17, 15) is 24.3 Å². The van der Waals surface area contributed by atoms with Crippen LogP contribution in [0.3, 0.4) is 0 Å². The second kappa shape index (κ2) is 19.9. The maximum atomic E-state index is 13.1. The largest absolute Gasteiger partial charge is 0.497 e. The van der Waals surface area contributed by atoms with Crippen molar-refractivity contribution in [2.24, 2.45) is 0 Å². The Bertz CT molecular complexity index is 2610. The fourth-order valence-electron chi connectivity index (χ4n) is 8.31. The molecule has 0 bridgehead atoms. The van der Waals surface area contributed by atoms with Crippen LogP contribution in [-0.4, -0.2) is 135 Å². The normalized spacial score (nSPS) is 21.1. The van der Waals surface area contributed by atoms with Gasteiger partial charge < -0.3 is 47.7 Å². The lowest BCUT2D eigenvalue weighted by molar-refractivity contribution is -0.161. The number of pyridine rings is 2. The zero-order chi connectivity index (χ0) is 52.8. The minimum Gasteiger partial charge on any atom is -0.497 e. The van der Waals surface area contributed by atoms with Crippen molar-refractivity contribution in [2.75, 3.05) is 40.5 Å². The van der Waals surface area contributed by atoms with Crippen LogP contribution < -0.4 is 23.7 Å². The van der Waals surface area contributed by atoms with Crippen LogP contribution in [0.15, 0.2) is 36.4 Å². The van der Waals surface area contributed by atoms with E-state index in [4.69, 9.17) is 54.2 Å². The minimum absolute atomic E-state index is 0.0932. The van der Waals surface area contributed by atoms with E-state index in [-0.39, 0.29) is 39.1 Å². The van der Waals surface area contributed by atoms with Gasteiger partial charge in [-0.2, -0.15) is 0 Å². The maximum absolute atomic E-state index is 13.1. The molecule has 18 nitrogen and oxygen atoms in total. The lowest BCUT2D eigenvalue weighted by Gasteiger charge is -2.36. The van der Waals surface area contributed by atoms with Crippen molar-refractivity contribution in [1.82, 2.24) is 19.8 Å². The predicted octanol–water partition coefficient (Wildman–Crippen LogP) is 9.08. The average molecular weight is 1010 g/mol. The number of aromatic nitrogens is 2. The summed E-state index contributed by atoms with van der Waals surface area (Å²) in [6.45, 7) is 24.5. The second-order valence-corrected chi connectivity index (χ2v) is 22.6. The third kappa shape index (κ3) is 13.1. The van der Waals surface area contributed by atoms with E-state index in [1.807, 2.05) is 25.1 Å². The van der Waals surface area contributed by atoms with Gasteiger partial charge in [0.25, 0.3) is 0 Å². The third-order valence-electron chi connectivity index (χ3n) is 11.2. The van der Waals surface area contributed by atoms with Crippen LogP contribution in [-0.2, 0) is 28.5 Å². The SMILES string of the molecule is COc1ccc2nc(C)c(Cl)c(OC[C@@]3(O)CC(C(=O)OC(C)(C)C)N(C(=O)OC(C)(C)C)C3)c2c1.COc1ccc2nc(C)c3c(c2c1)OC[C@]1(C[C@@H](C(=O)OC(C)(C)C)N(C(=O)OC(C)(C)C)C1)O3. The van der Waals surface area contributed by atoms with Gasteiger partial charge in [0.15, 0.2) is 17.1 Å². The van der Waals surface area contributed by atoms with Crippen molar-refractivity contribution < 1.29 is 66.9 Å². The summed E-state index contributed by atoms with van der Waals surface area (Å²) in [7, 11) is 3.15. The number of likely N-dealkylation sites (tertiary alicyclic amines) is 2. The Kier molecular flexibility index (Phi) is 15.2. The number of esters is 2. The number of hydrogen-bond donors (Lipinski definition) is 1. The minimum atomic E-state index is -1.57. The first-order valence-corrected chi connectivity index (χ1v) is 23.8. The number of aryl methyl sites for hydroxylation is 2. The number of β-amino-alcohol motifs (C(OH)–C–C–N with tert-alkyl or cyclic N) is 1. The summed E-state index contributed by atoms with van der Waals surface area (Å²) in [5.41, 5.74) is -2.88. The third-order valence-corrected chi connectivity index (χ3v) is 11.7. The van der Waals surface area contributed by atoms with Gasteiger partial charge >= 0.3 is 24.1 Å². The van der Waals surface area contributed by atoms with Gasteiger partial charge in [-0.15, -0.1) is 0 Å². The highest BCUT2D eigenvalue weighted by molar-refractivity contribution is 6.33. The molecule has 2 amide bonds. The first-order valence-electron chi connectivity index (χ1n) is 23.5. The van der Waals surface area contributed by atoms with Crippen LogP contribution in [0.2, 0.25) is 5.02 Å². The standard InChI is InChI=1S/C26H35ClN2O7.C26H34N2O7/c1-15-20(27)21(17-11-16(33-8)9-10-18(17)28-15)34-14-26(32)12-19(22(30)35-24(2,3)4)29(13-26)23(31)36-25(5,6)7;1-15-20-21(17-11-16(31-8)9-10-18(17)27-15)32-14-26(33-20)12-19(22(29)34-24(2,3)4)28(13-26)23(30)35-25(5,6)7/h9-11,19,32H,12-14H2,1-8H3;9-11,19H,12-14H2,1-8H3/t19?,26-;19-,26+/m10/s1. The molecule has 0 aliphatic carbocycles. The van der Waals surface area contributed by atoms with E-state index in [1.165, 1.54) is 9.80 Å². The molecule has 19 heteroatoms. The van der Waals surface area contributed by atoms with E-state index in [0.29, 0.717) is 56.1 Å². The number of rotatable bonds is 7. The van der Waals surface area contributed by atoms with Crippen molar-refractivity contribution in [3.8, 4) is 28.7 Å². The van der Waals surface area contributed by atoms with E-state index in [0.717, 1.165) is 10.9 Å². The van der Waals surface area contributed by atoms with Gasteiger partial charge in [-0.1, -0.05) is 11.6 Å². The van der Waals surface area contributed by atoms with Crippen LogP contribution in [0.4, 0.5) is 9.59 Å². The zero-order valence-electron chi connectivity index (χ0n) is 43.8. The van der Waals surface area contributed by atoms with Crippen LogP contribution >= 0.6 is 11.6 Å². The monoisotopic (exact) mass is 1010 g/mol. The summed E-state index contributed by atoms with van der Waals surface area (Å²) in [5, 5.41) is 13.1. The molecular formula is C52H69ClN4O14. The fourth-order valence-corrected chi connectivity index (χ4v) is 8.51. The molecule has 2 fully saturated rings. The van der Waals surface area contributed by atoms with Crippen molar-refractivity contribution >= 4 is 57.5 Å². The van der Waals surface area contributed by atoms with Gasteiger partial charge in [0.2, 0.25) is 0 Å². The zero-order valence-corrected chi connectivity index (χ0v) is 44.5. The highest BCUT2D eigenvalue weighted by Gasteiger charge is 2.56. The van der Waals surface area contributed by atoms with Crippen LogP contribution in [0.5, 0.6) is 28.7 Å². The van der Waals surface area contributed by atoms with Gasteiger partial charge in [0.05, 0.1) is 49.7 Å². The molecule has 3 aliphatic heterocycles. The molecule has 388 valence electrons. The van der Waals surface area contributed by atoms with E-state index in [2.05, 4.69) is 9.97 Å². The molecule has 1 unspecified atom stereocenters. The number of aliphatic hydroxyl groups is 1. The molecule has 71 heavy (non-hydrogen) atoms. The van der Waals surface area contributed by atoms with E-state index >= 15 is 0 Å². The Morgan fingerprint density at radius 2 is 1.14 bits per heavy atom. The molecule has 5 heterocycles. The second-order valence-electron chi connectivity index (χ2n) is 22.3. The number of amides is 2. The van der Waals surface area contributed by atoms with E-state index in [1.54, 1.807) is 122 Å². The van der Waals surface area contributed by atoms with Gasteiger partial charge in [0.1, 0.15) is 75.6 Å². The Balaban J connectivity index is 0.000000232. The fraction of sp³-hybridized carbons (Fsp3) is 0.577. The summed E-state index contributed by atoms with van der Waals surface area (Å²) >= 11 is 6.53. The van der Waals surface area contributed by atoms with Crippen molar-refractivity contribution in [3.63, 3.8) is 0 Å². The summed E-state index contributed by atoms with van der Waals surface area (Å²) in [6.07, 6.45) is -1.21. The quantitative estimate of drug-likeness (QED) is 0.135. The molecule has 2 saturated heterocycles. The number of nitrogens with zero attached hydrogens (tertiary/aromatic N) is 4. The molecule has 7 rings (SSSR count). The summed E-state index contributed by atoms with van der Waals surface area (Å²) < 4.78 is 51.8. The lowest BCUT2D eigenvalue weighted by atomic mass is 9.99. The molecule has 3 aliphatic rings. The molecular weight excluding hydrogens is 940 g/mol. The van der Waals surface area contributed by atoms with E-state index < -0.39 is 69.8 Å². The van der Waals surface area contributed by atoms with Crippen LogP contribution in [0.1, 0.15) is 107 Å². The molecule has 0 saturated carbocycles. The molecule has 4 aromatic rings. The highest BCUT2D eigenvalue weighted by atomic mass is 35.5. The Morgan fingerprint density at radius 1 is 0.676 bits per heavy atom. The van der Waals surface area contributed by atoms with Gasteiger partial charge in [-0.3, -0.25) is 14.8 Å². The van der Waals surface area contributed by atoms with Gasteiger partial charge in [0, 0.05) is 23.6 Å². The van der Waals surface area contributed by atoms with Crippen molar-refractivity contribution in [1.29, 1.82) is 0 Å². The molecule has 2 aromatic heterocycles. The first kappa shape index (κ1) is 54.3. The Morgan fingerprint density at radius 3 is 1.65 bits per heavy atom. The topological polar surface area (TPSA) is 204 Å². The number of methoxy groups -OCH3 is 2. The molecule has 1 spiro atoms. The van der Waals surface area contributed by atoms with Gasteiger partial charge in [-0.25, -0.2) is 24.2 Å². The summed E-state index contributed by atoms with van der Waals surface area (Å²) in [5.74, 6) is 1.53. The van der Waals surface area contributed by atoms with Crippen molar-refractivity contribution in [2.45, 2.75) is 155 Å².